The minimum absolute atomic E-state index is 0.0515. The number of hydrogen-bond donors (Lipinski definition) is 1. The van der Waals surface area contributed by atoms with E-state index in [-0.39, 0.29) is 18.0 Å². The number of aryl methyl sites for hydroxylation is 2. The molecule has 29 heavy (non-hydrogen) atoms. The van der Waals surface area contributed by atoms with Crippen LogP contribution in [0.25, 0.3) is 0 Å². The van der Waals surface area contributed by atoms with Crippen LogP contribution in [0.5, 0.6) is 0 Å². The summed E-state index contributed by atoms with van der Waals surface area (Å²) in [4.78, 5) is 26.0. The molecule has 7 heteroatoms. The van der Waals surface area contributed by atoms with Gasteiger partial charge < -0.3 is 15.1 Å². The third-order valence-electron chi connectivity index (χ3n) is 6.42. The van der Waals surface area contributed by atoms with Gasteiger partial charge in [0, 0.05) is 35.2 Å². The van der Waals surface area contributed by atoms with Crippen LogP contribution in [0.2, 0.25) is 0 Å². The zero-order valence-corrected chi connectivity index (χ0v) is 16.7. The molecule has 5 rings (SSSR count). The largest absolute Gasteiger partial charge is 0.347 e. The summed E-state index contributed by atoms with van der Waals surface area (Å²) in [5.41, 5.74) is 4.80. The molecule has 3 aliphatic rings. The van der Waals surface area contributed by atoms with E-state index in [0.29, 0.717) is 11.6 Å². The van der Waals surface area contributed by atoms with Crippen molar-refractivity contribution in [2.24, 2.45) is 0 Å². The van der Waals surface area contributed by atoms with Gasteiger partial charge in [-0.2, -0.15) is 5.26 Å². The van der Waals surface area contributed by atoms with Crippen LogP contribution in [0.1, 0.15) is 46.6 Å². The summed E-state index contributed by atoms with van der Waals surface area (Å²) < 4.78 is 0. The lowest BCUT2D eigenvalue weighted by Gasteiger charge is -2.22. The van der Waals surface area contributed by atoms with Crippen LogP contribution in [0, 0.1) is 25.3 Å². The number of amides is 1. The predicted octanol–water partition coefficient (Wildman–Crippen LogP) is 2.60. The van der Waals surface area contributed by atoms with Gasteiger partial charge >= 0.3 is 0 Å². The quantitative estimate of drug-likeness (QED) is 0.814. The normalized spacial score (nSPS) is 24.5. The van der Waals surface area contributed by atoms with E-state index in [1.54, 1.807) is 0 Å². The molecule has 1 N–H and O–H groups in total. The predicted molar refractivity (Wildman–Crippen MR) is 109 cm³/mol. The summed E-state index contributed by atoms with van der Waals surface area (Å²) in [7, 11) is 0. The van der Waals surface area contributed by atoms with Crippen LogP contribution in [-0.4, -0.2) is 45.4 Å². The molecule has 2 aromatic rings. The van der Waals surface area contributed by atoms with Crippen LogP contribution < -0.4 is 10.2 Å². The number of carbonyl (C=O) groups excluding carboxylic acids is 1. The average molecular weight is 388 g/mol. The van der Waals surface area contributed by atoms with Crippen molar-refractivity contribution in [2.75, 3.05) is 11.4 Å². The molecule has 2 saturated heterocycles. The SMILES string of the molecule is Cc1cc(C)nc(N2CCc3cc(C(=O)N[C@H]4C[C@H]5CC[C@@H]4N5C#N)ccc32)n1. The summed E-state index contributed by atoms with van der Waals surface area (Å²) >= 11 is 0. The van der Waals surface area contributed by atoms with E-state index in [1.165, 1.54) is 0 Å². The number of nitriles is 1. The van der Waals surface area contributed by atoms with Crippen molar-refractivity contribution >= 4 is 17.5 Å². The van der Waals surface area contributed by atoms with Gasteiger partial charge in [-0.15, -0.1) is 0 Å². The Labute approximate surface area is 170 Å². The van der Waals surface area contributed by atoms with Crippen molar-refractivity contribution in [3.63, 3.8) is 0 Å². The van der Waals surface area contributed by atoms with Crippen molar-refractivity contribution in [1.29, 1.82) is 5.26 Å². The first kappa shape index (κ1) is 17.9. The molecule has 2 bridgehead atoms. The maximum Gasteiger partial charge on any atom is 0.251 e. The molecule has 148 valence electrons. The molecule has 4 heterocycles. The highest BCUT2D eigenvalue weighted by Gasteiger charge is 2.46. The number of rotatable bonds is 3. The molecule has 1 amide bonds. The monoisotopic (exact) mass is 388 g/mol. The molecule has 1 aromatic carbocycles. The zero-order valence-electron chi connectivity index (χ0n) is 16.7. The van der Waals surface area contributed by atoms with Gasteiger partial charge in [0.2, 0.25) is 5.95 Å². The molecule has 3 atom stereocenters. The lowest BCUT2D eigenvalue weighted by Crippen LogP contribution is -2.43. The number of benzene rings is 1. The molecule has 0 radical (unpaired) electrons. The fraction of sp³-hybridized carbons (Fsp3) is 0.455. The Kier molecular flexibility index (Phi) is 4.16. The lowest BCUT2D eigenvalue weighted by atomic mass is 9.95. The van der Waals surface area contributed by atoms with E-state index in [4.69, 9.17) is 0 Å². The van der Waals surface area contributed by atoms with E-state index in [2.05, 4.69) is 26.4 Å². The topological polar surface area (TPSA) is 85.2 Å². The average Bonchev–Trinajstić information content (AvgIpc) is 3.38. The minimum Gasteiger partial charge on any atom is -0.347 e. The Morgan fingerprint density at radius 2 is 2.00 bits per heavy atom. The van der Waals surface area contributed by atoms with E-state index in [0.717, 1.165) is 60.8 Å². The minimum atomic E-state index is -0.0515. The second kappa shape index (κ2) is 6.73. The second-order valence-corrected chi connectivity index (χ2v) is 8.32. The molecular formula is C22H24N6O. The highest BCUT2D eigenvalue weighted by atomic mass is 16.1. The smallest absolute Gasteiger partial charge is 0.251 e. The summed E-state index contributed by atoms with van der Waals surface area (Å²) in [5.74, 6) is 0.668. The fourth-order valence-electron chi connectivity index (χ4n) is 5.13. The Balaban J connectivity index is 1.34. The highest BCUT2D eigenvalue weighted by molar-refractivity contribution is 5.95. The van der Waals surface area contributed by atoms with Crippen LogP contribution >= 0.6 is 0 Å². The number of fused-ring (bicyclic) bond motifs is 3. The van der Waals surface area contributed by atoms with Crippen LogP contribution in [0.4, 0.5) is 11.6 Å². The molecule has 7 nitrogen and oxygen atoms in total. The van der Waals surface area contributed by atoms with Gasteiger partial charge in [0.1, 0.15) is 0 Å². The Hall–Kier alpha value is -3.14. The maximum atomic E-state index is 12.9. The second-order valence-electron chi connectivity index (χ2n) is 8.32. The Morgan fingerprint density at radius 1 is 1.21 bits per heavy atom. The van der Waals surface area contributed by atoms with Gasteiger partial charge in [0.25, 0.3) is 5.91 Å². The zero-order chi connectivity index (χ0) is 20.1. The summed E-state index contributed by atoms with van der Waals surface area (Å²) in [6.07, 6.45) is 6.07. The molecular weight excluding hydrogens is 364 g/mol. The molecule has 0 unspecified atom stereocenters. The number of carbonyl (C=O) groups is 1. The standard InChI is InChI=1S/C22H24N6O/c1-13-9-14(2)25-22(24-13)27-8-7-15-10-16(3-5-19(15)27)21(29)26-18-11-17-4-6-20(18)28(17)12-23/h3,5,9-10,17-18,20H,4,6-8,11H2,1-2H3,(H,26,29)/t17-,18+,20+/m1/s1. The van der Waals surface area contributed by atoms with Gasteiger partial charge in [0.05, 0.1) is 12.1 Å². The molecule has 0 saturated carbocycles. The van der Waals surface area contributed by atoms with Gasteiger partial charge in [-0.3, -0.25) is 4.79 Å². The lowest BCUT2D eigenvalue weighted by molar-refractivity contribution is 0.0928. The van der Waals surface area contributed by atoms with E-state index >= 15 is 0 Å². The van der Waals surface area contributed by atoms with Gasteiger partial charge in [-0.25, -0.2) is 9.97 Å². The molecule has 2 fully saturated rings. The number of nitrogens with zero attached hydrogens (tertiary/aromatic N) is 5. The molecule has 0 spiro atoms. The van der Waals surface area contributed by atoms with Gasteiger partial charge in [-0.1, -0.05) is 0 Å². The van der Waals surface area contributed by atoms with Crippen molar-refractivity contribution in [3.05, 3.63) is 46.8 Å². The van der Waals surface area contributed by atoms with E-state index in [9.17, 15) is 10.1 Å². The first-order chi connectivity index (χ1) is 14.0. The van der Waals surface area contributed by atoms with Crippen molar-refractivity contribution < 1.29 is 4.79 Å². The number of hydrogen-bond acceptors (Lipinski definition) is 6. The number of nitrogens with one attached hydrogen (secondary N) is 1. The third-order valence-corrected chi connectivity index (χ3v) is 6.42. The number of aromatic nitrogens is 2. The summed E-state index contributed by atoms with van der Waals surface area (Å²) in [6.45, 7) is 4.77. The summed E-state index contributed by atoms with van der Waals surface area (Å²) in [5, 5.41) is 12.5. The first-order valence-corrected chi connectivity index (χ1v) is 10.2. The Morgan fingerprint density at radius 3 is 2.72 bits per heavy atom. The van der Waals surface area contributed by atoms with Crippen molar-refractivity contribution in [2.45, 2.75) is 57.7 Å². The van der Waals surface area contributed by atoms with E-state index in [1.807, 2.05) is 43.0 Å². The van der Waals surface area contributed by atoms with E-state index < -0.39 is 0 Å². The van der Waals surface area contributed by atoms with Crippen molar-refractivity contribution in [3.8, 4) is 6.19 Å². The van der Waals surface area contributed by atoms with Crippen LogP contribution in [0.3, 0.4) is 0 Å². The van der Waals surface area contributed by atoms with Crippen LogP contribution in [-0.2, 0) is 6.42 Å². The number of anilines is 2. The third kappa shape index (κ3) is 3.00. The molecule has 3 aliphatic heterocycles. The molecule has 0 aliphatic carbocycles. The van der Waals surface area contributed by atoms with Crippen molar-refractivity contribution in [1.82, 2.24) is 20.2 Å². The fourth-order valence-corrected chi connectivity index (χ4v) is 5.13. The van der Waals surface area contributed by atoms with Crippen LogP contribution in [0.15, 0.2) is 24.3 Å². The van der Waals surface area contributed by atoms with Gasteiger partial charge in [-0.05, 0) is 69.4 Å². The maximum absolute atomic E-state index is 12.9. The Bertz CT molecular complexity index is 1010. The first-order valence-electron chi connectivity index (χ1n) is 10.2. The molecule has 1 aromatic heterocycles. The summed E-state index contributed by atoms with van der Waals surface area (Å²) in [6, 6.07) is 8.35. The highest BCUT2D eigenvalue weighted by Crippen LogP contribution is 2.37. The van der Waals surface area contributed by atoms with Gasteiger partial charge in [0.15, 0.2) is 6.19 Å².